The van der Waals surface area contributed by atoms with Crippen LogP contribution in [0.15, 0.2) is 65.5 Å². The Hall–Kier alpha value is -2.88. The maximum absolute atomic E-state index is 12.9. The van der Waals surface area contributed by atoms with Crippen LogP contribution in [0.2, 0.25) is 0 Å². The quantitative estimate of drug-likeness (QED) is 0.770. The Morgan fingerprint density at radius 1 is 1.04 bits per heavy atom. The first-order valence-corrected chi connectivity index (χ1v) is 8.64. The van der Waals surface area contributed by atoms with E-state index >= 15 is 0 Å². The van der Waals surface area contributed by atoms with Gasteiger partial charge in [-0.05, 0) is 35.9 Å². The fourth-order valence-electron chi connectivity index (χ4n) is 3.60. The monoisotopic (exact) mass is 332 g/mol. The number of aromatic nitrogens is 1. The van der Waals surface area contributed by atoms with Crippen LogP contribution in [0.1, 0.15) is 30.4 Å². The third kappa shape index (κ3) is 2.74. The summed E-state index contributed by atoms with van der Waals surface area (Å²) in [5.74, 6) is 0.0116. The molecule has 1 amide bonds. The molecule has 1 saturated carbocycles. The molecule has 0 atom stereocenters. The van der Waals surface area contributed by atoms with Crippen molar-refractivity contribution in [3.63, 3.8) is 0 Å². The number of H-pyrrole nitrogens is 1. The number of hydrogen-bond acceptors (Lipinski definition) is 2. The topological polar surface area (TPSA) is 62.0 Å². The van der Waals surface area contributed by atoms with Gasteiger partial charge in [0.1, 0.15) is 0 Å². The van der Waals surface area contributed by atoms with Crippen LogP contribution >= 0.6 is 0 Å². The van der Waals surface area contributed by atoms with E-state index in [0.29, 0.717) is 5.56 Å². The molecule has 0 radical (unpaired) electrons. The fourth-order valence-corrected chi connectivity index (χ4v) is 3.60. The maximum atomic E-state index is 12.9. The lowest BCUT2D eigenvalue weighted by atomic mass is 9.64. The zero-order chi connectivity index (χ0) is 17.3. The highest BCUT2D eigenvalue weighted by molar-refractivity contribution is 5.89. The molecule has 1 fully saturated rings. The van der Waals surface area contributed by atoms with E-state index in [2.05, 4.69) is 10.3 Å². The molecule has 4 rings (SSSR count). The van der Waals surface area contributed by atoms with Crippen molar-refractivity contribution in [2.45, 2.75) is 31.2 Å². The second kappa shape index (κ2) is 6.20. The molecule has 2 N–H and O–H groups in total. The van der Waals surface area contributed by atoms with Crippen molar-refractivity contribution in [1.29, 1.82) is 0 Å². The average Bonchev–Trinajstić information content (AvgIpc) is 2.60. The number of pyridine rings is 1. The van der Waals surface area contributed by atoms with Gasteiger partial charge in [-0.1, -0.05) is 55.0 Å². The average molecular weight is 332 g/mol. The van der Waals surface area contributed by atoms with E-state index in [1.807, 2.05) is 60.7 Å². The van der Waals surface area contributed by atoms with Crippen molar-refractivity contribution >= 4 is 16.8 Å². The number of fused-ring (bicyclic) bond motifs is 1. The molecule has 25 heavy (non-hydrogen) atoms. The van der Waals surface area contributed by atoms with Gasteiger partial charge in [-0.3, -0.25) is 9.59 Å². The third-order valence-electron chi connectivity index (χ3n) is 5.24. The van der Waals surface area contributed by atoms with Crippen molar-refractivity contribution in [3.8, 4) is 0 Å². The minimum Gasteiger partial charge on any atom is -0.351 e. The molecule has 0 saturated heterocycles. The highest BCUT2D eigenvalue weighted by atomic mass is 16.2. The summed E-state index contributed by atoms with van der Waals surface area (Å²) in [5, 5.41) is 3.95. The second-order valence-electron chi connectivity index (χ2n) is 6.70. The van der Waals surface area contributed by atoms with Gasteiger partial charge in [0.2, 0.25) is 5.91 Å². The zero-order valence-corrected chi connectivity index (χ0v) is 13.9. The lowest BCUT2D eigenvalue weighted by Gasteiger charge is -2.40. The SMILES string of the molecule is O=C(NCc1cc2ccccc2[nH]c1=O)C1(c2ccccc2)CCC1. The number of amides is 1. The van der Waals surface area contributed by atoms with Crippen LogP contribution in [-0.2, 0) is 16.8 Å². The van der Waals surface area contributed by atoms with Gasteiger partial charge >= 0.3 is 0 Å². The van der Waals surface area contributed by atoms with Gasteiger partial charge in [-0.15, -0.1) is 0 Å². The molecule has 1 aliphatic rings. The van der Waals surface area contributed by atoms with Gasteiger partial charge in [0, 0.05) is 17.6 Å². The summed E-state index contributed by atoms with van der Waals surface area (Å²) in [6.07, 6.45) is 2.77. The number of aromatic amines is 1. The highest BCUT2D eigenvalue weighted by Gasteiger charge is 2.45. The van der Waals surface area contributed by atoms with Gasteiger partial charge < -0.3 is 10.3 Å². The Morgan fingerprint density at radius 2 is 1.76 bits per heavy atom. The zero-order valence-electron chi connectivity index (χ0n) is 13.9. The first kappa shape index (κ1) is 15.6. The number of para-hydroxylation sites is 1. The van der Waals surface area contributed by atoms with E-state index in [4.69, 9.17) is 0 Å². The molecule has 0 bridgehead atoms. The maximum Gasteiger partial charge on any atom is 0.253 e. The minimum atomic E-state index is -0.440. The first-order valence-electron chi connectivity index (χ1n) is 8.64. The summed E-state index contributed by atoms with van der Waals surface area (Å²) in [5.41, 5.74) is 1.86. The van der Waals surface area contributed by atoms with Gasteiger partial charge in [0.05, 0.1) is 5.41 Å². The third-order valence-corrected chi connectivity index (χ3v) is 5.24. The molecule has 3 aromatic rings. The van der Waals surface area contributed by atoms with Crippen molar-refractivity contribution < 1.29 is 4.79 Å². The van der Waals surface area contributed by atoms with Crippen LogP contribution in [0.3, 0.4) is 0 Å². The molecule has 1 aromatic heterocycles. The molecule has 0 spiro atoms. The Morgan fingerprint density at radius 3 is 2.48 bits per heavy atom. The van der Waals surface area contributed by atoms with Gasteiger partial charge in [-0.2, -0.15) is 0 Å². The van der Waals surface area contributed by atoms with E-state index in [-0.39, 0.29) is 18.0 Å². The van der Waals surface area contributed by atoms with Crippen LogP contribution in [0.5, 0.6) is 0 Å². The van der Waals surface area contributed by atoms with Crippen LogP contribution in [0, 0.1) is 0 Å². The van der Waals surface area contributed by atoms with Crippen molar-refractivity contribution in [1.82, 2.24) is 10.3 Å². The Bertz CT molecular complexity index is 972. The smallest absolute Gasteiger partial charge is 0.253 e. The molecular weight excluding hydrogens is 312 g/mol. The predicted molar refractivity (Wildman–Crippen MR) is 98.4 cm³/mol. The molecule has 126 valence electrons. The fraction of sp³-hybridized carbons (Fsp3) is 0.238. The minimum absolute atomic E-state index is 0.0116. The molecule has 2 aromatic carbocycles. The van der Waals surface area contributed by atoms with Gasteiger partial charge in [0.25, 0.3) is 5.56 Å². The normalized spacial score (nSPS) is 15.5. The van der Waals surface area contributed by atoms with Gasteiger partial charge in [-0.25, -0.2) is 0 Å². The molecule has 4 heteroatoms. The van der Waals surface area contributed by atoms with Crippen molar-refractivity contribution in [2.24, 2.45) is 0 Å². The first-order chi connectivity index (χ1) is 12.2. The molecule has 4 nitrogen and oxygen atoms in total. The standard InChI is InChI=1S/C21H20N2O2/c24-19-16(13-15-7-4-5-10-18(15)23-19)14-22-20(25)21(11-6-12-21)17-8-2-1-3-9-17/h1-5,7-10,13H,6,11-12,14H2,(H,22,25)(H,23,24). The molecule has 1 aliphatic carbocycles. The van der Waals surface area contributed by atoms with Gasteiger partial charge in [0.15, 0.2) is 0 Å². The van der Waals surface area contributed by atoms with E-state index in [0.717, 1.165) is 35.7 Å². The van der Waals surface area contributed by atoms with Crippen LogP contribution < -0.4 is 10.9 Å². The largest absolute Gasteiger partial charge is 0.351 e. The molecule has 0 aliphatic heterocycles. The summed E-state index contributed by atoms with van der Waals surface area (Å²) in [7, 11) is 0. The van der Waals surface area contributed by atoms with Crippen LogP contribution in [0.25, 0.3) is 10.9 Å². The number of nitrogens with one attached hydrogen (secondary N) is 2. The van der Waals surface area contributed by atoms with E-state index in [9.17, 15) is 9.59 Å². The Labute approximate surface area is 145 Å². The summed E-state index contributed by atoms with van der Waals surface area (Å²) < 4.78 is 0. The predicted octanol–water partition coefficient (Wildman–Crippen LogP) is 3.27. The number of hydrogen-bond donors (Lipinski definition) is 2. The van der Waals surface area contributed by atoms with E-state index < -0.39 is 5.41 Å². The second-order valence-corrected chi connectivity index (χ2v) is 6.70. The number of rotatable bonds is 4. The summed E-state index contributed by atoms with van der Waals surface area (Å²) >= 11 is 0. The summed E-state index contributed by atoms with van der Waals surface area (Å²) in [6, 6.07) is 19.4. The Balaban J connectivity index is 1.56. The number of carbonyl (C=O) groups is 1. The summed E-state index contributed by atoms with van der Waals surface area (Å²) in [6.45, 7) is 0.244. The number of carbonyl (C=O) groups excluding carboxylic acids is 1. The van der Waals surface area contributed by atoms with Crippen molar-refractivity contribution in [2.75, 3.05) is 0 Å². The van der Waals surface area contributed by atoms with Crippen molar-refractivity contribution in [3.05, 3.63) is 82.1 Å². The van der Waals surface area contributed by atoms with E-state index in [1.165, 1.54) is 0 Å². The van der Waals surface area contributed by atoms with Crippen LogP contribution in [0.4, 0.5) is 0 Å². The van der Waals surface area contributed by atoms with Crippen LogP contribution in [-0.4, -0.2) is 10.9 Å². The lowest BCUT2D eigenvalue weighted by Crippen LogP contribution is -2.49. The molecular formula is C21H20N2O2. The lowest BCUT2D eigenvalue weighted by molar-refractivity contribution is -0.130. The summed E-state index contributed by atoms with van der Waals surface area (Å²) in [4.78, 5) is 28.0. The Kier molecular flexibility index (Phi) is 3.88. The molecule has 1 heterocycles. The molecule has 0 unspecified atom stereocenters. The van der Waals surface area contributed by atoms with E-state index in [1.54, 1.807) is 0 Å². The highest BCUT2D eigenvalue weighted by Crippen LogP contribution is 2.43. The number of benzene rings is 2.